The zero-order chi connectivity index (χ0) is 16.4. The number of fused-ring (bicyclic) bond motifs is 3. The fraction of sp³-hybridized carbons (Fsp3) is 1.00. The maximum atomic E-state index is 11.1. The van der Waals surface area contributed by atoms with Crippen LogP contribution in [-0.2, 0) is 38.2 Å². The molecule has 3 fully saturated rings. The number of hydrogen-bond acceptors (Lipinski definition) is 8. The van der Waals surface area contributed by atoms with Crippen molar-refractivity contribution in [3.8, 4) is 0 Å². The molecule has 2 N–H and O–H groups in total. The number of ether oxygens (including phenoxy) is 5. The average Bonchev–Trinajstić information content (AvgIpc) is 2.78. The molecule has 3 saturated heterocycles. The Bertz CT molecular complexity index is 567. The molecule has 0 bridgehead atoms. The van der Waals surface area contributed by atoms with Crippen LogP contribution >= 0.6 is 0 Å². The Labute approximate surface area is 155 Å². The fourth-order valence-corrected chi connectivity index (χ4v) is 3.44. The molecule has 2 radical (unpaired) electrons. The molecule has 23 heavy (non-hydrogen) atoms. The monoisotopic (exact) mass is 549 g/mol. The van der Waals surface area contributed by atoms with Gasteiger partial charge in [0.2, 0.25) is 5.79 Å². The molecule has 11 heteroatoms. The van der Waals surface area contributed by atoms with Crippen LogP contribution in [0.5, 0.6) is 0 Å². The van der Waals surface area contributed by atoms with Crippen LogP contribution in [-0.4, -0.2) is 84.6 Å². The van der Waals surface area contributed by atoms with Crippen molar-refractivity contribution < 1.29 is 36.3 Å². The maximum absolute atomic E-state index is 11.1. The van der Waals surface area contributed by atoms with E-state index in [4.69, 9.17) is 33.0 Å². The Balaban J connectivity index is 0.00000192. The predicted octanol–water partition coefficient (Wildman–Crippen LogP) is -1.31. The SMILES string of the molecule is CC1(C)O[C@@H]2[C@@H](CO[C@@]3(COS(N)(=O)=O)OC(C)(C)O[C@@H]23)O1.[PbH2]. The summed E-state index contributed by atoms with van der Waals surface area (Å²) in [5.74, 6) is -3.19. The van der Waals surface area contributed by atoms with E-state index < -0.39 is 46.5 Å². The van der Waals surface area contributed by atoms with Crippen molar-refractivity contribution in [3.05, 3.63) is 0 Å². The van der Waals surface area contributed by atoms with Crippen LogP contribution < -0.4 is 5.14 Å². The topological polar surface area (TPSA) is 116 Å². The second-order valence-corrected chi connectivity index (χ2v) is 7.78. The molecule has 0 spiro atoms. The molecule has 0 saturated carbocycles. The Morgan fingerprint density at radius 3 is 2.39 bits per heavy atom. The van der Waals surface area contributed by atoms with E-state index >= 15 is 0 Å². The molecule has 3 aliphatic heterocycles. The van der Waals surface area contributed by atoms with Crippen molar-refractivity contribution >= 4 is 37.6 Å². The molecule has 0 amide bonds. The Morgan fingerprint density at radius 1 is 1.13 bits per heavy atom. The first kappa shape index (κ1) is 19.9. The first-order chi connectivity index (χ1) is 9.92. The zero-order valence-corrected chi connectivity index (χ0v) is 19.9. The van der Waals surface area contributed by atoms with Gasteiger partial charge in [0.15, 0.2) is 11.6 Å². The third kappa shape index (κ3) is 4.06. The van der Waals surface area contributed by atoms with Crippen molar-refractivity contribution in [2.75, 3.05) is 13.2 Å². The summed E-state index contributed by atoms with van der Waals surface area (Å²) >= 11 is 0. The predicted molar refractivity (Wildman–Crippen MR) is 80.1 cm³/mol. The fourth-order valence-electron chi connectivity index (χ4n) is 3.11. The first-order valence-electron chi connectivity index (χ1n) is 6.96. The minimum absolute atomic E-state index is 0. The van der Waals surface area contributed by atoms with Gasteiger partial charge in [-0.15, -0.1) is 0 Å². The molecule has 0 aromatic carbocycles. The van der Waals surface area contributed by atoms with Gasteiger partial charge in [0, 0.05) is 0 Å². The summed E-state index contributed by atoms with van der Waals surface area (Å²) in [5, 5.41) is 4.89. The summed E-state index contributed by atoms with van der Waals surface area (Å²) in [5.41, 5.74) is 0. The van der Waals surface area contributed by atoms with E-state index in [0.29, 0.717) is 0 Å². The molecule has 3 heterocycles. The van der Waals surface area contributed by atoms with Crippen molar-refractivity contribution in [3.63, 3.8) is 0 Å². The van der Waals surface area contributed by atoms with Crippen molar-refractivity contribution in [1.29, 1.82) is 0 Å². The van der Waals surface area contributed by atoms with E-state index in [-0.39, 0.29) is 40.0 Å². The molecule has 3 rings (SSSR count). The normalized spacial score (nSPS) is 41.0. The summed E-state index contributed by atoms with van der Waals surface area (Å²) in [6.07, 6.45) is -1.50. The van der Waals surface area contributed by atoms with E-state index in [1.807, 2.05) is 0 Å². The van der Waals surface area contributed by atoms with Crippen LogP contribution in [0.25, 0.3) is 0 Å². The van der Waals surface area contributed by atoms with Gasteiger partial charge in [0.1, 0.15) is 24.9 Å². The summed E-state index contributed by atoms with van der Waals surface area (Å²) in [6, 6.07) is 0. The number of hydrogen-bond donors (Lipinski definition) is 1. The average molecular weight is 549 g/mol. The van der Waals surface area contributed by atoms with E-state index in [1.165, 1.54) is 0 Å². The summed E-state index contributed by atoms with van der Waals surface area (Å²) in [6.45, 7) is 6.71. The second kappa shape index (κ2) is 6.09. The zero-order valence-electron chi connectivity index (χ0n) is 13.6. The standard InChI is InChI=1S/C12H21NO8S.Pb.2H/c1-10(2)18-7-5-16-12(6-17-22(13,14)15)9(8(7)19-10)20-11(3,4)21-12;;;/h7-9H,5-6H2,1-4H3,(H2,13,14,15);;;/t7-,8-,9+,12+;;;/m1.../s1. The van der Waals surface area contributed by atoms with Crippen molar-refractivity contribution in [2.24, 2.45) is 5.14 Å². The van der Waals surface area contributed by atoms with E-state index in [0.717, 1.165) is 0 Å². The van der Waals surface area contributed by atoms with Crippen LogP contribution in [0.1, 0.15) is 27.7 Å². The van der Waals surface area contributed by atoms with Crippen LogP contribution in [0.4, 0.5) is 0 Å². The Morgan fingerprint density at radius 2 is 1.78 bits per heavy atom. The van der Waals surface area contributed by atoms with Crippen molar-refractivity contribution in [1.82, 2.24) is 0 Å². The van der Waals surface area contributed by atoms with E-state index in [1.54, 1.807) is 27.7 Å². The van der Waals surface area contributed by atoms with Crippen LogP contribution in [0.2, 0.25) is 0 Å². The van der Waals surface area contributed by atoms with Crippen molar-refractivity contribution in [2.45, 2.75) is 63.4 Å². The van der Waals surface area contributed by atoms with Gasteiger partial charge in [-0.25, -0.2) is 5.14 Å². The third-order valence-electron chi connectivity index (χ3n) is 3.70. The molecule has 0 aliphatic carbocycles. The summed E-state index contributed by atoms with van der Waals surface area (Å²) in [4.78, 5) is 0. The molecule has 3 aliphatic rings. The first-order valence-corrected chi connectivity index (χ1v) is 8.43. The van der Waals surface area contributed by atoms with Gasteiger partial charge in [-0.2, -0.15) is 8.42 Å². The Kier molecular flexibility index (Phi) is 5.27. The van der Waals surface area contributed by atoms with Gasteiger partial charge in [0.05, 0.1) is 6.61 Å². The van der Waals surface area contributed by atoms with E-state index in [2.05, 4.69) is 0 Å². The molecule has 0 unspecified atom stereocenters. The Hall–Kier alpha value is 0.592. The van der Waals surface area contributed by atoms with Crippen LogP contribution in [0, 0.1) is 0 Å². The minimum atomic E-state index is -4.14. The van der Waals surface area contributed by atoms with Gasteiger partial charge in [-0.3, -0.25) is 4.18 Å². The van der Waals surface area contributed by atoms with Gasteiger partial charge < -0.3 is 23.7 Å². The molecule has 4 atom stereocenters. The quantitative estimate of drug-likeness (QED) is 0.433. The number of nitrogens with two attached hydrogens (primary N) is 1. The summed E-state index contributed by atoms with van der Waals surface area (Å²) in [7, 11) is -4.14. The van der Waals surface area contributed by atoms with Gasteiger partial charge in [-0.05, 0) is 27.7 Å². The summed E-state index contributed by atoms with van der Waals surface area (Å²) < 4.78 is 55.9. The second-order valence-electron chi connectivity index (χ2n) is 6.56. The molecule has 0 aromatic rings. The van der Waals surface area contributed by atoms with Gasteiger partial charge >= 0.3 is 37.6 Å². The molecule has 134 valence electrons. The van der Waals surface area contributed by atoms with Gasteiger partial charge in [0.25, 0.3) is 0 Å². The van der Waals surface area contributed by atoms with Gasteiger partial charge in [-0.1, -0.05) is 0 Å². The van der Waals surface area contributed by atoms with Crippen LogP contribution in [0.15, 0.2) is 0 Å². The van der Waals surface area contributed by atoms with Crippen LogP contribution in [0.3, 0.4) is 0 Å². The number of rotatable bonds is 3. The molecule has 9 nitrogen and oxygen atoms in total. The molecular formula is C12H23NO8PbS. The molecular weight excluding hydrogens is 525 g/mol. The van der Waals surface area contributed by atoms with E-state index in [9.17, 15) is 8.42 Å². The third-order valence-corrected chi connectivity index (χ3v) is 4.15. The molecule has 0 aromatic heterocycles.